The van der Waals surface area contributed by atoms with Crippen molar-refractivity contribution in [3.05, 3.63) is 11.5 Å². The van der Waals surface area contributed by atoms with Gasteiger partial charge in [-0.05, 0) is 39.7 Å². The van der Waals surface area contributed by atoms with Gasteiger partial charge in [-0.1, -0.05) is 0 Å². The lowest BCUT2D eigenvalue weighted by molar-refractivity contribution is 0.0256. The summed E-state index contributed by atoms with van der Waals surface area (Å²) in [6, 6.07) is -0.266. The largest absolute Gasteiger partial charge is 0.444 e. The summed E-state index contributed by atoms with van der Waals surface area (Å²) in [5, 5.41) is 5.82. The maximum Gasteiger partial charge on any atom is 0.410 e. The van der Waals surface area contributed by atoms with E-state index in [4.69, 9.17) is 9.88 Å². The molecule has 1 heterocycles. The van der Waals surface area contributed by atoms with Crippen molar-refractivity contribution >= 4 is 16.1 Å². The second-order valence-electron chi connectivity index (χ2n) is 5.30. The van der Waals surface area contributed by atoms with E-state index in [9.17, 15) is 13.2 Å². The van der Waals surface area contributed by atoms with E-state index in [1.807, 2.05) is 0 Å². The average molecular weight is 276 g/mol. The maximum absolute atomic E-state index is 11.9. The normalized spacial score (nSPS) is 21.6. The van der Waals surface area contributed by atoms with Crippen molar-refractivity contribution in [2.45, 2.75) is 45.3 Å². The summed E-state index contributed by atoms with van der Waals surface area (Å²) in [6.07, 6.45) is 2.54. The second kappa shape index (κ2) is 5.27. The molecular weight excluding hydrogens is 256 g/mol. The number of nitrogens with two attached hydrogens (primary N) is 1. The van der Waals surface area contributed by atoms with Crippen LogP contribution in [0.1, 0.15) is 33.6 Å². The van der Waals surface area contributed by atoms with Crippen LogP contribution in [-0.4, -0.2) is 37.6 Å². The molecule has 7 heteroatoms. The third kappa shape index (κ3) is 5.05. The Morgan fingerprint density at radius 1 is 1.44 bits per heavy atom. The summed E-state index contributed by atoms with van der Waals surface area (Å²) in [7, 11) is -3.66. The highest BCUT2D eigenvalue weighted by molar-refractivity contribution is 7.92. The van der Waals surface area contributed by atoms with Crippen molar-refractivity contribution in [3.63, 3.8) is 0 Å². The van der Waals surface area contributed by atoms with Crippen LogP contribution < -0.4 is 5.14 Å². The molecule has 0 spiro atoms. The van der Waals surface area contributed by atoms with E-state index in [2.05, 4.69) is 0 Å². The van der Waals surface area contributed by atoms with Crippen molar-refractivity contribution in [2.75, 3.05) is 6.54 Å². The molecule has 1 amide bonds. The average Bonchev–Trinajstić information content (AvgIpc) is 2.58. The van der Waals surface area contributed by atoms with E-state index in [0.717, 1.165) is 11.8 Å². The fraction of sp³-hybridized carbons (Fsp3) is 0.727. The van der Waals surface area contributed by atoms with Gasteiger partial charge < -0.3 is 9.64 Å². The summed E-state index contributed by atoms with van der Waals surface area (Å²) in [5.74, 6) is 0. The first-order valence-corrected chi connectivity index (χ1v) is 7.40. The van der Waals surface area contributed by atoms with Crippen molar-refractivity contribution in [1.82, 2.24) is 4.90 Å². The molecule has 0 aliphatic carbocycles. The molecule has 18 heavy (non-hydrogen) atoms. The first-order valence-electron chi connectivity index (χ1n) is 5.79. The Labute approximate surface area is 108 Å². The zero-order valence-electron chi connectivity index (χ0n) is 10.9. The summed E-state index contributed by atoms with van der Waals surface area (Å²) in [6.45, 7) is 5.93. The van der Waals surface area contributed by atoms with Crippen LogP contribution in [0.4, 0.5) is 4.79 Å². The van der Waals surface area contributed by atoms with Gasteiger partial charge in [-0.3, -0.25) is 0 Å². The quantitative estimate of drug-likeness (QED) is 0.820. The number of hydrogen-bond acceptors (Lipinski definition) is 4. The van der Waals surface area contributed by atoms with Crippen LogP contribution in [0.5, 0.6) is 0 Å². The first-order chi connectivity index (χ1) is 8.08. The van der Waals surface area contributed by atoms with Crippen LogP contribution in [0, 0.1) is 0 Å². The molecule has 0 bridgehead atoms. The summed E-state index contributed by atoms with van der Waals surface area (Å²) < 4.78 is 27.0. The lowest BCUT2D eigenvalue weighted by Crippen LogP contribution is -2.39. The highest BCUT2D eigenvalue weighted by Gasteiger charge is 2.30. The van der Waals surface area contributed by atoms with Crippen molar-refractivity contribution < 1.29 is 17.9 Å². The highest BCUT2D eigenvalue weighted by atomic mass is 32.2. The number of nitrogens with zero attached hydrogens (tertiary/aromatic N) is 1. The van der Waals surface area contributed by atoms with E-state index in [1.54, 1.807) is 20.8 Å². The molecule has 0 aromatic carbocycles. The fourth-order valence-corrected chi connectivity index (χ4v) is 2.14. The van der Waals surface area contributed by atoms with Crippen LogP contribution in [0.3, 0.4) is 0 Å². The minimum Gasteiger partial charge on any atom is -0.444 e. The molecule has 0 aromatic heterocycles. The molecule has 0 aromatic rings. The van der Waals surface area contributed by atoms with Crippen molar-refractivity contribution in [3.8, 4) is 0 Å². The predicted octanol–water partition coefficient (Wildman–Crippen LogP) is 1.19. The van der Waals surface area contributed by atoms with E-state index in [0.29, 0.717) is 13.0 Å². The molecule has 1 atom stereocenters. The first kappa shape index (κ1) is 15.0. The van der Waals surface area contributed by atoms with Gasteiger partial charge in [0.1, 0.15) is 5.60 Å². The Kier molecular flexibility index (Phi) is 4.39. The molecule has 0 unspecified atom stereocenters. The van der Waals surface area contributed by atoms with Gasteiger partial charge >= 0.3 is 6.09 Å². The fourth-order valence-electron chi connectivity index (χ4n) is 1.74. The van der Waals surface area contributed by atoms with Crippen molar-refractivity contribution in [2.24, 2.45) is 5.14 Å². The topological polar surface area (TPSA) is 89.7 Å². The number of hydrogen-bond donors (Lipinski definition) is 1. The van der Waals surface area contributed by atoms with Crippen LogP contribution in [-0.2, 0) is 14.8 Å². The minimum absolute atomic E-state index is 0.266. The number of rotatable bonds is 2. The molecule has 1 saturated heterocycles. The maximum atomic E-state index is 11.9. The molecule has 6 nitrogen and oxygen atoms in total. The number of primary sulfonamides is 1. The minimum atomic E-state index is -3.66. The Morgan fingerprint density at radius 2 is 2.06 bits per heavy atom. The van der Waals surface area contributed by atoms with Gasteiger partial charge in [-0.15, -0.1) is 0 Å². The third-order valence-electron chi connectivity index (χ3n) is 2.42. The molecule has 1 aliphatic rings. The van der Waals surface area contributed by atoms with Gasteiger partial charge in [0.15, 0.2) is 0 Å². The molecule has 1 rings (SSSR count). The number of carbonyl (C=O) groups is 1. The zero-order valence-corrected chi connectivity index (χ0v) is 11.7. The summed E-state index contributed by atoms with van der Waals surface area (Å²) >= 11 is 0. The molecule has 0 saturated carbocycles. The Hall–Kier alpha value is -1.08. The van der Waals surface area contributed by atoms with E-state index in [1.165, 1.54) is 11.0 Å². The molecule has 0 radical (unpaired) electrons. The number of likely N-dealkylation sites (tertiary alicyclic amines) is 1. The van der Waals surface area contributed by atoms with E-state index in [-0.39, 0.29) is 6.04 Å². The molecule has 104 valence electrons. The van der Waals surface area contributed by atoms with Crippen molar-refractivity contribution in [1.29, 1.82) is 0 Å². The molecule has 1 fully saturated rings. The van der Waals surface area contributed by atoms with Crippen LogP contribution in [0.15, 0.2) is 11.5 Å². The zero-order chi connectivity index (χ0) is 14.0. The number of ether oxygens (including phenoxy) is 1. The smallest absolute Gasteiger partial charge is 0.410 e. The highest BCUT2D eigenvalue weighted by Crippen LogP contribution is 2.21. The summed E-state index contributed by atoms with van der Waals surface area (Å²) in [5.41, 5.74) is -0.562. The van der Waals surface area contributed by atoms with Crippen LogP contribution >= 0.6 is 0 Å². The predicted molar refractivity (Wildman–Crippen MR) is 68.2 cm³/mol. The molecule has 1 aliphatic heterocycles. The third-order valence-corrected chi connectivity index (χ3v) is 2.95. The van der Waals surface area contributed by atoms with Gasteiger partial charge in [0.05, 0.1) is 6.04 Å². The van der Waals surface area contributed by atoms with E-state index >= 15 is 0 Å². The molecular formula is C11H20N2O4S. The monoisotopic (exact) mass is 276 g/mol. The van der Waals surface area contributed by atoms with E-state index < -0.39 is 21.7 Å². The Morgan fingerprint density at radius 3 is 2.56 bits per heavy atom. The number of carbonyl (C=O) groups excluding carboxylic acids is 1. The van der Waals surface area contributed by atoms with Gasteiger partial charge in [-0.25, -0.2) is 18.4 Å². The van der Waals surface area contributed by atoms with Gasteiger partial charge in [0, 0.05) is 12.0 Å². The van der Waals surface area contributed by atoms with Crippen LogP contribution in [0.2, 0.25) is 0 Å². The van der Waals surface area contributed by atoms with Gasteiger partial charge in [-0.2, -0.15) is 0 Å². The molecule has 2 N–H and O–H groups in total. The lowest BCUT2D eigenvalue weighted by atomic mass is 10.2. The summed E-state index contributed by atoms with van der Waals surface area (Å²) in [4.78, 5) is 13.4. The standard InChI is InChI=1S/C11H20N2O4S/c1-11(2,3)17-10(14)13-7-4-5-9(13)6-8-18(12,15)16/h6,8-9H,4-5,7H2,1-3H3,(H2,12,15,16)/t9-/m1/s1. The van der Waals surface area contributed by atoms with Crippen LogP contribution in [0.25, 0.3) is 0 Å². The van der Waals surface area contributed by atoms with Gasteiger partial charge in [0.2, 0.25) is 10.0 Å². The second-order valence-corrected chi connectivity index (χ2v) is 6.75. The number of sulfonamides is 1. The van der Waals surface area contributed by atoms with Gasteiger partial charge in [0.25, 0.3) is 0 Å². The number of amides is 1. The SMILES string of the molecule is CC(C)(C)OC(=O)N1CCC[C@@H]1C=CS(N)(=O)=O. The lowest BCUT2D eigenvalue weighted by Gasteiger charge is -2.27. The Bertz CT molecular complexity index is 436. The Balaban J connectivity index is 2.71.